The Labute approximate surface area is 236 Å². The second-order valence-corrected chi connectivity index (χ2v) is 10.8. The van der Waals surface area contributed by atoms with Crippen molar-refractivity contribution in [3.63, 3.8) is 0 Å². The lowest BCUT2D eigenvalue weighted by molar-refractivity contribution is 0.0679. The van der Waals surface area contributed by atoms with E-state index in [9.17, 15) is 4.79 Å². The highest BCUT2D eigenvalue weighted by Gasteiger charge is 2.33. The predicted molar refractivity (Wildman–Crippen MR) is 154 cm³/mol. The summed E-state index contributed by atoms with van der Waals surface area (Å²) in [6.45, 7) is 8.21. The van der Waals surface area contributed by atoms with E-state index < -0.39 is 0 Å². The Morgan fingerprint density at radius 2 is 1.95 bits per heavy atom. The molecule has 0 radical (unpaired) electrons. The van der Waals surface area contributed by atoms with Crippen molar-refractivity contribution in [3.8, 4) is 5.75 Å². The molecule has 7 rings (SSSR count). The van der Waals surface area contributed by atoms with Gasteiger partial charge in [-0.25, -0.2) is 20.3 Å². The van der Waals surface area contributed by atoms with Crippen LogP contribution in [0.2, 0.25) is 0 Å². The summed E-state index contributed by atoms with van der Waals surface area (Å²) in [5.74, 6) is 8.84. The number of furan rings is 1. The first-order valence-corrected chi connectivity index (χ1v) is 14.2. The first kappa shape index (κ1) is 25.9. The predicted octanol–water partition coefficient (Wildman–Crippen LogP) is 1.67. The van der Waals surface area contributed by atoms with Gasteiger partial charge < -0.3 is 18.8 Å². The summed E-state index contributed by atoms with van der Waals surface area (Å²) in [7, 11) is 0. The van der Waals surface area contributed by atoms with Gasteiger partial charge in [-0.3, -0.25) is 19.5 Å². The Morgan fingerprint density at radius 3 is 2.68 bits per heavy atom. The van der Waals surface area contributed by atoms with Crippen LogP contribution in [0, 0.1) is 0 Å². The number of rotatable bonds is 8. The van der Waals surface area contributed by atoms with Crippen molar-refractivity contribution in [2.24, 2.45) is 10.8 Å². The normalized spacial score (nSPS) is 21.5. The Balaban J connectivity index is 0.991. The molecular weight excluding hydrogens is 526 g/mol. The number of hydrogen-bond acceptors (Lipinski definition) is 10. The molecule has 2 atom stereocenters. The minimum absolute atomic E-state index is 0.215. The van der Waals surface area contributed by atoms with Gasteiger partial charge in [0.25, 0.3) is 0 Å². The number of imidazole rings is 1. The maximum atomic E-state index is 13.0. The molecular formula is C28H35N9O4. The molecule has 1 aromatic carbocycles. The third kappa shape index (κ3) is 4.89. The molecule has 2 saturated heterocycles. The first-order valence-electron chi connectivity index (χ1n) is 14.2. The molecule has 13 heteroatoms. The zero-order valence-corrected chi connectivity index (χ0v) is 23.1. The van der Waals surface area contributed by atoms with E-state index in [4.69, 9.17) is 29.7 Å². The zero-order valence-electron chi connectivity index (χ0n) is 23.1. The Kier molecular flexibility index (Phi) is 6.77. The maximum absolute atomic E-state index is 13.0. The van der Waals surface area contributed by atoms with Gasteiger partial charge in [-0.1, -0.05) is 0 Å². The monoisotopic (exact) mass is 561 g/mol. The van der Waals surface area contributed by atoms with Crippen molar-refractivity contribution in [1.29, 1.82) is 0 Å². The molecule has 2 fully saturated rings. The van der Waals surface area contributed by atoms with Crippen LogP contribution < -0.4 is 26.2 Å². The number of fused-ring (bicyclic) bond motifs is 3. The van der Waals surface area contributed by atoms with Gasteiger partial charge in [-0.05, 0) is 56.2 Å². The molecule has 3 aliphatic rings. The van der Waals surface area contributed by atoms with Crippen LogP contribution in [0.15, 0.2) is 56.9 Å². The number of aromatic amines is 1. The number of hydrazine groups is 1. The van der Waals surface area contributed by atoms with E-state index in [0.29, 0.717) is 41.9 Å². The minimum atomic E-state index is -0.325. The fourth-order valence-corrected chi connectivity index (χ4v) is 5.79. The quantitative estimate of drug-likeness (QED) is 0.308. The topological polar surface area (TPSA) is 135 Å². The largest absolute Gasteiger partial charge is 0.491 e. The molecule has 0 aliphatic carbocycles. The summed E-state index contributed by atoms with van der Waals surface area (Å²) in [5.41, 5.74) is 2.19. The lowest BCUT2D eigenvalue weighted by atomic mass is 10.1. The average molecular weight is 562 g/mol. The highest BCUT2D eigenvalue weighted by atomic mass is 16.5. The number of nitrogens with two attached hydrogens (primary N) is 1. The van der Waals surface area contributed by atoms with Crippen molar-refractivity contribution in [1.82, 2.24) is 24.1 Å². The van der Waals surface area contributed by atoms with E-state index in [2.05, 4.69) is 27.0 Å². The van der Waals surface area contributed by atoms with E-state index in [1.54, 1.807) is 21.4 Å². The molecule has 0 spiro atoms. The standard InChI is InChI=1S/C28H35N9O4/c1-19-30-24(23-5-3-17-40-23)25-26(36(19)29)31-27-35(28(38)32-37(25)27)15-12-33-10-13-34(14-11-33)20-6-8-21(9-7-20)41-18-22-4-2-16-39-22/h3,5-9,17,19,22H,2,4,10-16,18,29H2,1H3,(H,32,38). The number of H-pyrrole nitrogens is 1. The average Bonchev–Trinajstić information content (AvgIpc) is 3.80. The molecule has 41 heavy (non-hydrogen) atoms. The SMILES string of the molecule is CC1N=C(c2ccco2)c2c(nc3n(CCN4CCN(c5ccc(OCC6CCCO6)cc5)CC4)c(=O)[nH]n23)N1N. The summed E-state index contributed by atoms with van der Waals surface area (Å²) < 4.78 is 20.5. The molecule has 3 aromatic heterocycles. The van der Waals surface area contributed by atoms with Crippen molar-refractivity contribution < 1.29 is 13.9 Å². The smallest absolute Gasteiger partial charge is 0.343 e. The number of ether oxygens (including phenoxy) is 2. The number of aromatic nitrogens is 4. The third-order valence-electron chi connectivity index (χ3n) is 8.15. The summed E-state index contributed by atoms with van der Waals surface area (Å²) in [5, 5.41) is 4.43. The molecule has 6 heterocycles. The van der Waals surface area contributed by atoms with Crippen LogP contribution in [0.25, 0.3) is 5.78 Å². The molecule has 0 amide bonds. The maximum Gasteiger partial charge on any atom is 0.343 e. The van der Waals surface area contributed by atoms with Crippen LogP contribution >= 0.6 is 0 Å². The summed E-state index contributed by atoms with van der Waals surface area (Å²) in [4.78, 5) is 27.2. The molecule has 2 unspecified atom stereocenters. The molecule has 4 aromatic rings. The van der Waals surface area contributed by atoms with Crippen LogP contribution in [-0.4, -0.2) is 88.0 Å². The van der Waals surface area contributed by atoms with E-state index in [-0.39, 0.29) is 18.0 Å². The van der Waals surface area contributed by atoms with Gasteiger partial charge in [0, 0.05) is 51.6 Å². The van der Waals surface area contributed by atoms with Crippen molar-refractivity contribution in [3.05, 3.63) is 64.6 Å². The molecule has 3 N–H and O–H groups in total. The summed E-state index contributed by atoms with van der Waals surface area (Å²) in [6.07, 6.45) is 3.68. The van der Waals surface area contributed by atoms with Crippen molar-refractivity contribution >= 4 is 23.0 Å². The highest BCUT2D eigenvalue weighted by Crippen LogP contribution is 2.29. The van der Waals surface area contributed by atoms with Gasteiger partial charge in [0.05, 0.1) is 12.4 Å². The molecule has 0 saturated carbocycles. The Bertz CT molecular complexity index is 1570. The van der Waals surface area contributed by atoms with Gasteiger partial charge in [0.2, 0.25) is 5.78 Å². The lowest BCUT2D eigenvalue weighted by Gasteiger charge is -2.36. The summed E-state index contributed by atoms with van der Waals surface area (Å²) >= 11 is 0. The van der Waals surface area contributed by atoms with Crippen LogP contribution in [0.1, 0.15) is 31.2 Å². The molecule has 216 valence electrons. The number of nitrogens with zero attached hydrogens (tertiary/aromatic N) is 7. The number of nitrogens with one attached hydrogen (secondary N) is 1. The van der Waals surface area contributed by atoms with Crippen LogP contribution in [0.3, 0.4) is 0 Å². The van der Waals surface area contributed by atoms with Gasteiger partial charge in [-0.15, -0.1) is 0 Å². The van der Waals surface area contributed by atoms with Gasteiger partial charge in [0.15, 0.2) is 11.6 Å². The van der Waals surface area contributed by atoms with E-state index in [0.717, 1.165) is 57.9 Å². The van der Waals surface area contributed by atoms with Gasteiger partial charge in [-0.2, -0.15) is 4.98 Å². The lowest BCUT2D eigenvalue weighted by Crippen LogP contribution is -2.47. The van der Waals surface area contributed by atoms with E-state index in [1.807, 2.05) is 25.1 Å². The fourth-order valence-electron chi connectivity index (χ4n) is 5.79. The second-order valence-electron chi connectivity index (χ2n) is 10.8. The van der Waals surface area contributed by atoms with Gasteiger partial charge in [0.1, 0.15) is 29.9 Å². The second kappa shape index (κ2) is 10.7. The van der Waals surface area contributed by atoms with E-state index in [1.165, 1.54) is 10.7 Å². The number of hydrogen-bond donors (Lipinski definition) is 2. The molecule has 13 nitrogen and oxygen atoms in total. The Hall–Kier alpha value is -4.07. The van der Waals surface area contributed by atoms with Crippen LogP contribution in [0.5, 0.6) is 5.75 Å². The van der Waals surface area contributed by atoms with Crippen molar-refractivity contribution in [2.45, 2.75) is 38.6 Å². The third-order valence-corrected chi connectivity index (χ3v) is 8.15. The zero-order chi connectivity index (χ0) is 27.9. The number of benzene rings is 1. The number of piperazine rings is 1. The minimum Gasteiger partial charge on any atom is -0.491 e. The summed E-state index contributed by atoms with van der Waals surface area (Å²) in [6, 6.07) is 12.0. The number of aliphatic imine (C=N–C) groups is 1. The molecule has 3 aliphatic heterocycles. The molecule has 0 bridgehead atoms. The fraction of sp³-hybridized carbons (Fsp3) is 0.464. The van der Waals surface area contributed by atoms with Gasteiger partial charge >= 0.3 is 5.69 Å². The highest BCUT2D eigenvalue weighted by molar-refractivity contribution is 6.14. The Morgan fingerprint density at radius 1 is 1.12 bits per heavy atom. The first-order chi connectivity index (χ1) is 20.0. The van der Waals surface area contributed by atoms with Crippen molar-refractivity contribution in [2.75, 3.05) is 55.8 Å². The van der Waals surface area contributed by atoms with E-state index >= 15 is 0 Å². The van der Waals surface area contributed by atoms with Crippen LogP contribution in [0.4, 0.5) is 11.5 Å². The van der Waals surface area contributed by atoms with Crippen LogP contribution in [-0.2, 0) is 11.3 Å². The number of anilines is 2.